The Morgan fingerprint density at radius 1 is 1.16 bits per heavy atom. The molecule has 2 atom stereocenters. The summed E-state index contributed by atoms with van der Waals surface area (Å²) >= 11 is 0. The monoisotopic (exact) mass is 545 g/mol. The molecule has 2 heterocycles. The van der Waals surface area contributed by atoms with E-state index in [0.29, 0.717) is 31.2 Å². The molecule has 9 heteroatoms. The summed E-state index contributed by atoms with van der Waals surface area (Å²) in [7, 11) is 0. The van der Waals surface area contributed by atoms with E-state index in [0.717, 1.165) is 51.4 Å². The van der Waals surface area contributed by atoms with Crippen LogP contribution >= 0.6 is 24.0 Å². The van der Waals surface area contributed by atoms with Crippen molar-refractivity contribution in [2.45, 2.75) is 39.0 Å². The number of ether oxygens (including phenoxy) is 2. The van der Waals surface area contributed by atoms with Gasteiger partial charge in [-0.15, -0.1) is 24.0 Å². The van der Waals surface area contributed by atoms with Crippen molar-refractivity contribution < 1.29 is 14.3 Å². The van der Waals surface area contributed by atoms with E-state index in [9.17, 15) is 4.79 Å². The number of benzene rings is 1. The molecule has 0 saturated carbocycles. The van der Waals surface area contributed by atoms with Crippen molar-refractivity contribution in [3.63, 3.8) is 0 Å². The van der Waals surface area contributed by atoms with Crippen molar-refractivity contribution in [1.29, 1.82) is 0 Å². The maximum atomic E-state index is 12.7. The van der Waals surface area contributed by atoms with Crippen LogP contribution in [-0.4, -0.2) is 86.4 Å². The lowest BCUT2D eigenvalue weighted by atomic mass is 10.1. The van der Waals surface area contributed by atoms with Gasteiger partial charge in [0.25, 0.3) is 5.91 Å². The van der Waals surface area contributed by atoms with Crippen LogP contribution in [0.4, 0.5) is 0 Å². The van der Waals surface area contributed by atoms with E-state index < -0.39 is 0 Å². The summed E-state index contributed by atoms with van der Waals surface area (Å²) in [6.07, 6.45) is 1.15. The van der Waals surface area contributed by atoms with Gasteiger partial charge in [-0.05, 0) is 44.5 Å². The first-order valence-corrected chi connectivity index (χ1v) is 10.9. The first-order chi connectivity index (χ1) is 14.5. The van der Waals surface area contributed by atoms with E-state index >= 15 is 0 Å². The molecule has 1 aromatic rings. The Bertz CT molecular complexity index is 700. The molecule has 174 valence electrons. The number of morpholine rings is 2. The maximum absolute atomic E-state index is 12.7. The number of nitrogens with zero attached hydrogens (tertiary/aromatic N) is 3. The molecule has 0 spiro atoms. The Labute approximate surface area is 202 Å². The molecule has 2 aliphatic rings. The van der Waals surface area contributed by atoms with E-state index in [1.165, 1.54) is 0 Å². The lowest BCUT2D eigenvalue weighted by Crippen LogP contribution is -2.48. The minimum Gasteiger partial charge on any atom is -0.379 e. The van der Waals surface area contributed by atoms with Crippen LogP contribution in [-0.2, 0) is 16.0 Å². The summed E-state index contributed by atoms with van der Waals surface area (Å²) in [5.74, 6) is 0.502. The highest BCUT2D eigenvalue weighted by molar-refractivity contribution is 14.0. The lowest BCUT2D eigenvalue weighted by Gasteiger charge is -2.35. The predicted molar refractivity (Wildman–Crippen MR) is 133 cm³/mol. The zero-order valence-electron chi connectivity index (χ0n) is 18.6. The fourth-order valence-electron chi connectivity index (χ4n) is 3.86. The third kappa shape index (κ3) is 8.55. The van der Waals surface area contributed by atoms with Crippen molar-refractivity contribution in [2.24, 2.45) is 10.7 Å². The molecule has 3 rings (SSSR count). The van der Waals surface area contributed by atoms with Crippen LogP contribution < -0.4 is 11.1 Å². The molecule has 0 radical (unpaired) electrons. The number of nitrogens with one attached hydrogen (secondary N) is 1. The number of amides is 1. The Morgan fingerprint density at radius 3 is 2.45 bits per heavy atom. The maximum Gasteiger partial charge on any atom is 0.254 e. The van der Waals surface area contributed by atoms with E-state index in [-0.39, 0.29) is 42.1 Å². The molecule has 0 aromatic heterocycles. The van der Waals surface area contributed by atoms with Crippen molar-refractivity contribution in [3.05, 3.63) is 35.4 Å². The molecule has 31 heavy (non-hydrogen) atoms. The van der Waals surface area contributed by atoms with Crippen LogP contribution in [0.5, 0.6) is 0 Å². The zero-order chi connectivity index (χ0) is 21.3. The van der Waals surface area contributed by atoms with Gasteiger partial charge in [-0.2, -0.15) is 0 Å². The molecule has 1 amide bonds. The summed E-state index contributed by atoms with van der Waals surface area (Å²) in [5.41, 5.74) is 7.69. The topological polar surface area (TPSA) is 92.4 Å². The van der Waals surface area contributed by atoms with Crippen LogP contribution in [0.2, 0.25) is 0 Å². The van der Waals surface area contributed by atoms with Gasteiger partial charge in [0.1, 0.15) is 0 Å². The summed E-state index contributed by atoms with van der Waals surface area (Å²) in [5, 5.41) is 3.17. The van der Waals surface area contributed by atoms with Crippen LogP contribution in [0.25, 0.3) is 0 Å². The Kier molecular flexibility index (Phi) is 11.0. The first-order valence-electron chi connectivity index (χ1n) is 10.9. The number of carbonyl (C=O) groups excluding carboxylic acids is 1. The highest BCUT2D eigenvalue weighted by Crippen LogP contribution is 2.15. The van der Waals surface area contributed by atoms with Gasteiger partial charge in [0.15, 0.2) is 5.96 Å². The number of nitrogens with two attached hydrogens (primary N) is 1. The number of hydrogen-bond donors (Lipinski definition) is 2. The second kappa shape index (κ2) is 13.2. The number of rotatable bonds is 7. The largest absolute Gasteiger partial charge is 0.379 e. The molecule has 3 N–H and O–H groups in total. The van der Waals surface area contributed by atoms with Crippen molar-refractivity contribution >= 4 is 35.8 Å². The van der Waals surface area contributed by atoms with Gasteiger partial charge in [-0.1, -0.05) is 12.1 Å². The molecule has 2 aliphatic heterocycles. The fourth-order valence-corrected chi connectivity index (χ4v) is 3.86. The smallest absolute Gasteiger partial charge is 0.254 e. The van der Waals surface area contributed by atoms with Crippen LogP contribution in [0.3, 0.4) is 0 Å². The molecule has 2 saturated heterocycles. The van der Waals surface area contributed by atoms with Gasteiger partial charge >= 0.3 is 0 Å². The highest BCUT2D eigenvalue weighted by atomic mass is 127. The number of hydrogen-bond acceptors (Lipinski definition) is 5. The summed E-state index contributed by atoms with van der Waals surface area (Å²) in [4.78, 5) is 21.4. The number of halogens is 1. The molecule has 8 nitrogen and oxygen atoms in total. The minimum absolute atomic E-state index is 0. The van der Waals surface area contributed by atoms with Gasteiger partial charge in [0, 0.05) is 38.3 Å². The molecule has 0 aliphatic carbocycles. The van der Waals surface area contributed by atoms with Crippen molar-refractivity contribution in [1.82, 2.24) is 15.1 Å². The molecular weight excluding hydrogens is 509 g/mol. The van der Waals surface area contributed by atoms with Crippen LogP contribution in [0.1, 0.15) is 36.2 Å². The normalized spacial score (nSPS) is 22.6. The number of guanidine groups is 1. The quantitative estimate of drug-likeness (QED) is 0.235. The Morgan fingerprint density at radius 2 is 1.81 bits per heavy atom. The van der Waals surface area contributed by atoms with Gasteiger partial charge < -0.3 is 25.4 Å². The SMILES string of the molecule is CC1CN(C(=O)c2ccc(CN=C(N)NCCCN3CCOCC3)cc2)CC(C)O1.I. The van der Waals surface area contributed by atoms with E-state index in [1.807, 2.05) is 43.0 Å². The second-order valence-electron chi connectivity index (χ2n) is 8.10. The molecule has 0 bridgehead atoms. The Hall–Kier alpha value is -1.43. The molecule has 1 aromatic carbocycles. The second-order valence-corrected chi connectivity index (χ2v) is 8.10. The summed E-state index contributed by atoms with van der Waals surface area (Å²) in [6, 6.07) is 7.61. The number of carbonyl (C=O) groups is 1. The average Bonchev–Trinajstić information content (AvgIpc) is 2.75. The van der Waals surface area contributed by atoms with Gasteiger partial charge in [0.2, 0.25) is 0 Å². The summed E-state index contributed by atoms with van der Waals surface area (Å²) < 4.78 is 11.1. The third-order valence-corrected chi connectivity index (χ3v) is 5.40. The fraction of sp³-hybridized carbons (Fsp3) is 0.636. The minimum atomic E-state index is 0. The Balaban J connectivity index is 0.00000341. The average molecular weight is 545 g/mol. The third-order valence-electron chi connectivity index (χ3n) is 5.40. The number of aliphatic imine (C=N–C) groups is 1. The standard InChI is InChI=1S/C22H35N5O3.HI/c1-17-15-27(16-18(2)30-17)21(28)20-6-4-19(5-7-20)14-25-22(23)24-8-3-9-26-10-12-29-13-11-26;/h4-7,17-18H,3,8-16H2,1-2H3,(H3,23,24,25);1H. The highest BCUT2D eigenvalue weighted by Gasteiger charge is 2.26. The molecule has 2 fully saturated rings. The van der Waals surface area contributed by atoms with Crippen molar-refractivity contribution in [2.75, 3.05) is 52.5 Å². The molecular formula is C22H36IN5O3. The summed E-state index contributed by atoms with van der Waals surface area (Å²) in [6.45, 7) is 11.2. The van der Waals surface area contributed by atoms with Gasteiger partial charge in [-0.25, -0.2) is 4.99 Å². The van der Waals surface area contributed by atoms with Crippen molar-refractivity contribution in [3.8, 4) is 0 Å². The lowest BCUT2D eigenvalue weighted by molar-refractivity contribution is -0.0586. The van der Waals surface area contributed by atoms with Gasteiger partial charge in [0.05, 0.1) is 32.0 Å². The van der Waals surface area contributed by atoms with Crippen LogP contribution in [0, 0.1) is 0 Å². The zero-order valence-corrected chi connectivity index (χ0v) is 20.9. The molecule has 2 unspecified atom stereocenters. The van der Waals surface area contributed by atoms with E-state index in [1.54, 1.807) is 0 Å². The van der Waals surface area contributed by atoms with E-state index in [4.69, 9.17) is 15.2 Å². The first kappa shape index (κ1) is 25.8. The van der Waals surface area contributed by atoms with Gasteiger partial charge in [-0.3, -0.25) is 9.69 Å². The van der Waals surface area contributed by atoms with E-state index in [2.05, 4.69) is 15.2 Å². The predicted octanol–water partition coefficient (Wildman–Crippen LogP) is 1.68. The van der Waals surface area contributed by atoms with Crippen LogP contribution in [0.15, 0.2) is 29.3 Å².